The molecular formula is C22H28N2O5. The summed E-state index contributed by atoms with van der Waals surface area (Å²) in [7, 11) is 0. The molecule has 0 spiro atoms. The minimum Gasteiger partial charge on any atom is -0.488 e. The zero-order valence-corrected chi connectivity index (χ0v) is 17.3. The molecule has 2 aliphatic carbocycles. The number of aliphatic hydroxyl groups excluding tert-OH is 1. The number of aliphatic hydroxyl groups is 1. The van der Waals surface area contributed by atoms with E-state index in [1.807, 2.05) is 19.9 Å². The standard InChI is InChI=1S/C22H28N2O5/c1-11(2)27-22(26)14-7-16-12(3)20(16)19(8-14)28-15-5-6-18(23-9-15)21-17(10-25)13(4)24-29-21/h5-6,9,11-12,14,16,19-20,25H,7-8,10H2,1-4H3/t12-,14?,16?,19?,20?/m0/s1. The maximum Gasteiger partial charge on any atom is 0.309 e. The Morgan fingerprint density at radius 1 is 1.34 bits per heavy atom. The van der Waals surface area contributed by atoms with Gasteiger partial charge in [0.1, 0.15) is 17.5 Å². The van der Waals surface area contributed by atoms with E-state index in [0.717, 1.165) is 6.42 Å². The Labute approximate surface area is 170 Å². The molecule has 2 aromatic rings. The third kappa shape index (κ3) is 3.88. The van der Waals surface area contributed by atoms with Crippen LogP contribution in [0.2, 0.25) is 0 Å². The number of carbonyl (C=O) groups excluding carboxylic acids is 1. The minimum atomic E-state index is -0.151. The van der Waals surface area contributed by atoms with Crippen molar-refractivity contribution >= 4 is 5.97 Å². The second-order valence-electron chi connectivity index (χ2n) is 8.52. The Morgan fingerprint density at radius 2 is 2.14 bits per heavy atom. The quantitative estimate of drug-likeness (QED) is 0.741. The first-order chi connectivity index (χ1) is 13.9. The lowest BCUT2D eigenvalue weighted by Gasteiger charge is -2.28. The fourth-order valence-electron chi connectivity index (χ4n) is 4.61. The Kier molecular flexibility index (Phi) is 5.34. The molecule has 2 saturated carbocycles. The lowest BCUT2D eigenvalue weighted by molar-refractivity contribution is -0.154. The summed E-state index contributed by atoms with van der Waals surface area (Å²) in [6.45, 7) is 7.62. The van der Waals surface area contributed by atoms with Gasteiger partial charge in [0.05, 0.1) is 30.5 Å². The zero-order valence-electron chi connectivity index (χ0n) is 17.3. The zero-order chi connectivity index (χ0) is 20.7. The number of hydrogen-bond acceptors (Lipinski definition) is 7. The molecule has 0 aromatic carbocycles. The summed E-state index contributed by atoms with van der Waals surface area (Å²) in [5.74, 6) is 2.49. The van der Waals surface area contributed by atoms with Crippen LogP contribution in [-0.4, -0.2) is 33.4 Å². The molecule has 4 rings (SSSR count). The van der Waals surface area contributed by atoms with E-state index < -0.39 is 0 Å². The van der Waals surface area contributed by atoms with Gasteiger partial charge in [-0.05, 0) is 57.6 Å². The van der Waals surface area contributed by atoms with Crippen LogP contribution in [0.4, 0.5) is 0 Å². The van der Waals surface area contributed by atoms with E-state index in [-0.39, 0.29) is 30.7 Å². The number of hydrogen-bond donors (Lipinski definition) is 1. The Bertz CT molecular complexity index is 876. The summed E-state index contributed by atoms with van der Waals surface area (Å²) < 4.78 is 17.0. The van der Waals surface area contributed by atoms with Crippen molar-refractivity contribution in [1.82, 2.24) is 10.1 Å². The topological polar surface area (TPSA) is 94.7 Å². The van der Waals surface area contributed by atoms with E-state index in [0.29, 0.717) is 52.6 Å². The summed E-state index contributed by atoms with van der Waals surface area (Å²) in [5.41, 5.74) is 1.89. The van der Waals surface area contributed by atoms with Crippen molar-refractivity contribution in [3.8, 4) is 17.2 Å². The van der Waals surface area contributed by atoms with Crippen LogP contribution in [0, 0.1) is 30.6 Å². The van der Waals surface area contributed by atoms with Crippen molar-refractivity contribution in [2.45, 2.75) is 59.4 Å². The van der Waals surface area contributed by atoms with Crippen LogP contribution in [0.15, 0.2) is 22.9 Å². The van der Waals surface area contributed by atoms with Gasteiger partial charge in [-0.2, -0.15) is 0 Å². The highest BCUT2D eigenvalue weighted by molar-refractivity contribution is 5.73. The van der Waals surface area contributed by atoms with E-state index >= 15 is 0 Å². The van der Waals surface area contributed by atoms with Gasteiger partial charge in [0.15, 0.2) is 5.76 Å². The second-order valence-corrected chi connectivity index (χ2v) is 8.52. The lowest BCUT2D eigenvalue weighted by Crippen LogP contribution is -2.33. The monoisotopic (exact) mass is 400 g/mol. The Hall–Kier alpha value is -2.41. The van der Waals surface area contributed by atoms with Crippen molar-refractivity contribution in [2.75, 3.05) is 0 Å². The van der Waals surface area contributed by atoms with E-state index in [1.165, 1.54) is 0 Å². The van der Waals surface area contributed by atoms with Crippen LogP contribution in [-0.2, 0) is 16.1 Å². The van der Waals surface area contributed by atoms with Crippen molar-refractivity contribution in [3.63, 3.8) is 0 Å². The molecule has 2 aliphatic rings. The van der Waals surface area contributed by atoms with Gasteiger partial charge in [0.2, 0.25) is 0 Å². The molecule has 1 N–H and O–H groups in total. The molecular weight excluding hydrogens is 372 g/mol. The van der Waals surface area contributed by atoms with Gasteiger partial charge in [-0.3, -0.25) is 4.79 Å². The maximum atomic E-state index is 12.4. The fourth-order valence-corrected chi connectivity index (χ4v) is 4.61. The maximum absolute atomic E-state index is 12.4. The number of aromatic nitrogens is 2. The van der Waals surface area contributed by atoms with Crippen molar-refractivity contribution in [1.29, 1.82) is 0 Å². The molecule has 2 heterocycles. The van der Waals surface area contributed by atoms with Gasteiger partial charge in [0.25, 0.3) is 0 Å². The number of pyridine rings is 1. The first-order valence-corrected chi connectivity index (χ1v) is 10.3. The van der Waals surface area contributed by atoms with Gasteiger partial charge in [0, 0.05) is 11.5 Å². The predicted octanol–water partition coefficient (Wildman–Crippen LogP) is 3.53. The molecule has 0 amide bonds. The van der Waals surface area contributed by atoms with Gasteiger partial charge in [-0.1, -0.05) is 12.1 Å². The molecule has 2 aromatic heterocycles. The van der Waals surface area contributed by atoms with E-state index in [9.17, 15) is 9.90 Å². The average Bonchev–Trinajstić information content (AvgIpc) is 3.19. The van der Waals surface area contributed by atoms with Crippen LogP contribution >= 0.6 is 0 Å². The van der Waals surface area contributed by atoms with Crippen LogP contribution in [0.1, 0.15) is 44.9 Å². The Balaban J connectivity index is 1.46. The first kappa shape index (κ1) is 19.9. The number of esters is 1. The number of aryl methyl sites for hydroxylation is 1. The molecule has 29 heavy (non-hydrogen) atoms. The molecule has 0 bridgehead atoms. The van der Waals surface area contributed by atoms with Crippen LogP contribution in [0.5, 0.6) is 5.75 Å². The third-order valence-corrected chi connectivity index (χ3v) is 6.22. The Morgan fingerprint density at radius 3 is 2.79 bits per heavy atom. The lowest BCUT2D eigenvalue weighted by atomic mass is 9.87. The van der Waals surface area contributed by atoms with E-state index in [1.54, 1.807) is 19.2 Å². The summed E-state index contributed by atoms with van der Waals surface area (Å²) in [5, 5.41) is 13.4. The molecule has 0 saturated heterocycles. The largest absolute Gasteiger partial charge is 0.488 e. The van der Waals surface area contributed by atoms with Crippen LogP contribution in [0.3, 0.4) is 0 Å². The highest BCUT2D eigenvalue weighted by atomic mass is 16.5. The summed E-state index contributed by atoms with van der Waals surface area (Å²) in [6, 6.07) is 3.65. The summed E-state index contributed by atoms with van der Waals surface area (Å²) in [6.07, 6.45) is 3.11. The van der Waals surface area contributed by atoms with Crippen LogP contribution in [0.25, 0.3) is 11.5 Å². The van der Waals surface area contributed by atoms with E-state index in [2.05, 4.69) is 17.1 Å². The molecule has 4 unspecified atom stereocenters. The fraction of sp³-hybridized carbons (Fsp3) is 0.591. The predicted molar refractivity (Wildman–Crippen MR) is 105 cm³/mol. The summed E-state index contributed by atoms with van der Waals surface area (Å²) >= 11 is 0. The minimum absolute atomic E-state index is 0.0124. The molecule has 0 radical (unpaired) electrons. The number of nitrogens with zero attached hydrogens (tertiary/aromatic N) is 2. The van der Waals surface area contributed by atoms with Crippen molar-refractivity contribution in [2.24, 2.45) is 23.7 Å². The highest BCUT2D eigenvalue weighted by Crippen LogP contribution is 2.57. The number of rotatable bonds is 6. The second kappa shape index (κ2) is 7.78. The normalized spacial score (nSPS) is 28.1. The molecule has 7 nitrogen and oxygen atoms in total. The molecule has 5 atom stereocenters. The smallest absolute Gasteiger partial charge is 0.309 e. The van der Waals surface area contributed by atoms with Gasteiger partial charge < -0.3 is 19.1 Å². The van der Waals surface area contributed by atoms with E-state index in [4.69, 9.17) is 14.0 Å². The number of carbonyl (C=O) groups is 1. The SMILES string of the molecule is Cc1noc(-c2ccc(OC3CC(C(=O)OC(C)C)CC4C3[C@H]4C)cn2)c1CO. The van der Waals surface area contributed by atoms with Gasteiger partial charge >= 0.3 is 5.97 Å². The summed E-state index contributed by atoms with van der Waals surface area (Å²) in [4.78, 5) is 16.8. The average molecular weight is 400 g/mol. The number of ether oxygens (including phenoxy) is 2. The first-order valence-electron chi connectivity index (χ1n) is 10.3. The molecule has 7 heteroatoms. The van der Waals surface area contributed by atoms with Crippen LogP contribution < -0.4 is 4.74 Å². The molecule has 0 aliphatic heterocycles. The third-order valence-electron chi connectivity index (χ3n) is 6.22. The highest BCUT2D eigenvalue weighted by Gasteiger charge is 2.57. The van der Waals surface area contributed by atoms with Gasteiger partial charge in [-0.15, -0.1) is 0 Å². The van der Waals surface area contributed by atoms with Crippen molar-refractivity contribution in [3.05, 3.63) is 29.6 Å². The van der Waals surface area contributed by atoms with Gasteiger partial charge in [-0.25, -0.2) is 4.98 Å². The molecule has 2 fully saturated rings. The number of fused-ring (bicyclic) bond motifs is 1. The van der Waals surface area contributed by atoms with Crippen molar-refractivity contribution < 1.29 is 23.9 Å². The molecule has 156 valence electrons.